The molecule has 0 aliphatic rings. The Bertz CT molecular complexity index is 728. The van der Waals surface area contributed by atoms with E-state index in [1.807, 2.05) is 44.2 Å². The lowest BCUT2D eigenvalue weighted by molar-refractivity contribution is -0.124. The first kappa shape index (κ1) is 18.0. The number of ether oxygens (including phenoxy) is 1. The minimum Gasteiger partial charge on any atom is -0.452 e. The molecule has 1 atom stereocenters. The Morgan fingerprint density at radius 2 is 2.00 bits per heavy atom. The van der Waals surface area contributed by atoms with Gasteiger partial charge in [0.05, 0.1) is 11.4 Å². The van der Waals surface area contributed by atoms with Gasteiger partial charge in [0.15, 0.2) is 6.61 Å². The molecular weight excluding hydrogens is 330 g/mol. The van der Waals surface area contributed by atoms with Crippen molar-refractivity contribution in [2.24, 2.45) is 0 Å². The molecule has 1 N–H and O–H groups in total. The van der Waals surface area contributed by atoms with Gasteiger partial charge < -0.3 is 10.1 Å². The number of benzene rings is 1. The Labute approximate surface area is 145 Å². The Kier molecular flexibility index (Phi) is 5.98. The number of carbonyl (C=O) groups is 2. The number of amides is 1. The molecular formula is C17H20ClN3O3. The van der Waals surface area contributed by atoms with E-state index in [1.165, 1.54) is 4.68 Å². The third kappa shape index (κ3) is 4.14. The molecule has 6 nitrogen and oxygen atoms in total. The van der Waals surface area contributed by atoms with Gasteiger partial charge in [-0.05, 0) is 32.4 Å². The molecule has 0 aliphatic carbocycles. The van der Waals surface area contributed by atoms with Crippen LogP contribution < -0.4 is 5.32 Å². The van der Waals surface area contributed by atoms with E-state index < -0.39 is 5.97 Å². The first-order chi connectivity index (χ1) is 11.4. The number of hydrogen-bond donors (Lipinski definition) is 1. The number of aryl methyl sites for hydroxylation is 1. The monoisotopic (exact) mass is 349 g/mol. The van der Waals surface area contributed by atoms with Crippen LogP contribution in [0.3, 0.4) is 0 Å². The highest BCUT2D eigenvalue weighted by Gasteiger charge is 2.23. The number of aromatic nitrogens is 2. The largest absolute Gasteiger partial charge is 0.452 e. The Morgan fingerprint density at radius 1 is 1.33 bits per heavy atom. The van der Waals surface area contributed by atoms with E-state index in [4.69, 9.17) is 16.3 Å². The van der Waals surface area contributed by atoms with Crippen molar-refractivity contribution in [2.75, 3.05) is 6.61 Å². The normalized spacial score (nSPS) is 11.8. The van der Waals surface area contributed by atoms with Gasteiger partial charge in [0.2, 0.25) is 0 Å². The molecule has 0 fully saturated rings. The fraction of sp³-hybridized carbons (Fsp3) is 0.353. The van der Waals surface area contributed by atoms with Crippen LogP contribution >= 0.6 is 11.6 Å². The van der Waals surface area contributed by atoms with E-state index in [0.717, 1.165) is 12.1 Å². The topological polar surface area (TPSA) is 73.2 Å². The summed E-state index contributed by atoms with van der Waals surface area (Å²) >= 11 is 6.28. The van der Waals surface area contributed by atoms with E-state index in [9.17, 15) is 9.59 Å². The highest BCUT2D eigenvalue weighted by atomic mass is 35.5. The maximum atomic E-state index is 12.3. The summed E-state index contributed by atoms with van der Waals surface area (Å²) in [4.78, 5) is 24.0. The number of hydrogen-bond acceptors (Lipinski definition) is 4. The van der Waals surface area contributed by atoms with Gasteiger partial charge in [-0.3, -0.25) is 4.79 Å². The number of carbonyl (C=O) groups excluding carboxylic acids is 2. The SMILES string of the molecule is CC[C@H](C)NC(=O)COC(=O)c1c(C)nn(-c2ccccc2)c1Cl. The zero-order valence-electron chi connectivity index (χ0n) is 13.9. The molecule has 0 radical (unpaired) electrons. The molecule has 2 rings (SSSR count). The third-order valence-electron chi connectivity index (χ3n) is 3.56. The lowest BCUT2D eigenvalue weighted by Gasteiger charge is -2.11. The predicted octanol–water partition coefficient (Wildman–Crippen LogP) is 2.91. The Morgan fingerprint density at radius 3 is 2.62 bits per heavy atom. The van der Waals surface area contributed by atoms with Gasteiger partial charge >= 0.3 is 5.97 Å². The summed E-state index contributed by atoms with van der Waals surface area (Å²) in [7, 11) is 0. The first-order valence-electron chi connectivity index (χ1n) is 7.71. The predicted molar refractivity (Wildman–Crippen MR) is 91.5 cm³/mol. The second kappa shape index (κ2) is 7.97. The van der Waals surface area contributed by atoms with Gasteiger partial charge in [0.25, 0.3) is 5.91 Å². The van der Waals surface area contributed by atoms with Crippen molar-refractivity contribution in [2.45, 2.75) is 33.2 Å². The van der Waals surface area contributed by atoms with E-state index in [-0.39, 0.29) is 29.3 Å². The van der Waals surface area contributed by atoms with Crippen LogP contribution in [-0.2, 0) is 9.53 Å². The van der Waals surface area contributed by atoms with Crippen LogP contribution in [0, 0.1) is 6.92 Å². The third-order valence-corrected chi connectivity index (χ3v) is 3.91. The second-order valence-electron chi connectivity index (χ2n) is 5.45. The zero-order chi connectivity index (χ0) is 17.7. The van der Waals surface area contributed by atoms with Gasteiger partial charge in [-0.15, -0.1) is 0 Å². The molecule has 1 aromatic heterocycles. The van der Waals surface area contributed by atoms with Gasteiger partial charge in [-0.25, -0.2) is 9.48 Å². The van der Waals surface area contributed by atoms with Crippen LogP contribution in [0.2, 0.25) is 5.15 Å². The lowest BCUT2D eigenvalue weighted by Crippen LogP contribution is -2.35. The number of esters is 1. The summed E-state index contributed by atoms with van der Waals surface area (Å²) in [5.74, 6) is -1.01. The summed E-state index contributed by atoms with van der Waals surface area (Å²) < 4.78 is 6.52. The fourth-order valence-electron chi connectivity index (χ4n) is 2.09. The molecule has 0 bridgehead atoms. The summed E-state index contributed by atoms with van der Waals surface area (Å²) in [5.41, 5.74) is 1.34. The van der Waals surface area contributed by atoms with Crippen molar-refractivity contribution in [1.82, 2.24) is 15.1 Å². The van der Waals surface area contributed by atoms with E-state index >= 15 is 0 Å². The molecule has 0 unspecified atom stereocenters. The zero-order valence-corrected chi connectivity index (χ0v) is 14.6. The van der Waals surface area contributed by atoms with Crippen LogP contribution in [0.4, 0.5) is 0 Å². The first-order valence-corrected chi connectivity index (χ1v) is 8.08. The van der Waals surface area contributed by atoms with Crippen molar-refractivity contribution < 1.29 is 14.3 Å². The molecule has 2 aromatic rings. The quantitative estimate of drug-likeness (QED) is 0.814. The highest BCUT2D eigenvalue weighted by Crippen LogP contribution is 2.24. The van der Waals surface area contributed by atoms with Gasteiger partial charge in [-0.1, -0.05) is 36.7 Å². The van der Waals surface area contributed by atoms with Gasteiger partial charge in [0, 0.05) is 6.04 Å². The van der Waals surface area contributed by atoms with Crippen LogP contribution in [0.1, 0.15) is 36.3 Å². The maximum absolute atomic E-state index is 12.3. The van der Waals surface area contributed by atoms with Crippen LogP contribution in [0.25, 0.3) is 5.69 Å². The molecule has 0 aliphatic heterocycles. The summed E-state index contributed by atoms with van der Waals surface area (Å²) in [5, 5.41) is 7.16. The molecule has 1 heterocycles. The Hall–Kier alpha value is -2.34. The molecule has 0 saturated carbocycles. The van der Waals surface area contributed by atoms with Gasteiger partial charge in [-0.2, -0.15) is 5.10 Å². The summed E-state index contributed by atoms with van der Waals surface area (Å²) in [6, 6.07) is 9.25. The minimum absolute atomic E-state index is 0.0300. The van der Waals surface area contributed by atoms with E-state index in [2.05, 4.69) is 10.4 Å². The summed E-state index contributed by atoms with van der Waals surface area (Å²) in [6.07, 6.45) is 0.800. The molecule has 1 amide bonds. The van der Waals surface area contributed by atoms with Crippen LogP contribution in [0.15, 0.2) is 30.3 Å². The van der Waals surface area contributed by atoms with Crippen molar-refractivity contribution in [1.29, 1.82) is 0 Å². The molecule has 7 heteroatoms. The Balaban J connectivity index is 2.11. The highest BCUT2D eigenvalue weighted by molar-refractivity contribution is 6.33. The number of rotatable bonds is 6. The maximum Gasteiger partial charge on any atom is 0.343 e. The van der Waals surface area contributed by atoms with Crippen LogP contribution in [0.5, 0.6) is 0 Å². The standard InChI is InChI=1S/C17H20ClN3O3/c1-4-11(2)19-14(22)10-24-17(23)15-12(3)20-21(16(15)18)13-8-6-5-7-9-13/h5-9,11H,4,10H2,1-3H3,(H,19,22)/t11-/m0/s1. The van der Waals surface area contributed by atoms with Crippen molar-refractivity contribution in [3.05, 3.63) is 46.7 Å². The number of nitrogens with one attached hydrogen (secondary N) is 1. The van der Waals surface area contributed by atoms with Crippen molar-refractivity contribution in [3.63, 3.8) is 0 Å². The molecule has 128 valence electrons. The average molecular weight is 350 g/mol. The van der Waals surface area contributed by atoms with Crippen molar-refractivity contribution >= 4 is 23.5 Å². The van der Waals surface area contributed by atoms with E-state index in [0.29, 0.717) is 5.69 Å². The number of halogens is 1. The minimum atomic E-state index is -0.668. The average Bonchev–Trinajstić information content (AvgIpc) is 2.88. The smallest absolute Gasteiger partial charge is 0.343 e. The van der Waals surface area contributed by atoms with Gasteiger partial charge in [0.1, 0.15) is 10.7 Å². The molecule has 0 saturated heterocycles. The summed E-state index contributed by atoms with van der Waals surface area (Å²) in [6.45, 7) is 5.15. The van der Waals surface area contributed by atoms with Crippen molar-refractivity contribution in [3.8, 4) is 5.69 Å². The lowest BCUT2D eigenvalue weighted by atomic mass is 10.2. The molecule has 24 heavy (non-hydrogen) atoms. The van der Waals surface area contributed by atoms with Crippen LogP contribution in [-0.4, -0.2) is 34.3 Å². The fourth-order valence-corrected chi connectivity index (χ4v) is 2.44. The molecule has 0 spiro atoms. The molecule has 1 aromatic carbocycles. The second-order valence-corrected chi connectivity index (χ2v) is 5.81. The van der Waals surface area contributed by atoms with E-state index in [1.54, 1.807) is 6.92 Å². The number of para-hydroxylation sites is 1. The number of nitrogens with zero attached hydrogens (tertiary/aromatic N) is 2.